The van der Waals surface area contributed by atoms with Gasteiger partial charge in [-0.05, 0) is 11.1 Å². The molecule has 92 valence electrons. The largest absolute Gasteiger partial charge is 0.383 e. The molecule has 0 saturated heterocycles. The predicted molar refractivity (Wildman–Crippen MR) is 55.8 cm³/mol. The van der Waals surface area contributed by atoms with Gasteiger partial charge in [-0.25, -0.2) is 17.6 Å². The predicted octanol–water partition coefficient (Wildman–Crippen LogP) is 3.31. The van der Waals surface area contributed by atoms with Crippen LogP contribution in [-0.2, 0) is 0 Å². The van der Waals surface area contributed by atoms with E-state index in [-0.39, 0.29) is 11.1 Å². The Hall–Kier alpha value is -1.88. The van der Waals surface area contributed by atoms with Crippen molar-refractivity contribution in [2.75, 3.05) is 0 Å². The van der Waals surface area contributed by atoms with Crippen molar-refractivity contribution in [1.82, 2.24) is 0 Å². The molecule has 0 radical (unpaired) electrons. The van der Waals surface area contributed by atoms with E-state index in [1.165, 1.54) is 12.1 Å². The molecule has 2 aromatic carbocycles. The highest BCUT2D eigenvalue weighted by Crippen LogP contribution is 2.46. The minimum absolute atomic E-state index is 0.176. The molecule has 0 aliphatic heterocycles. The van der Waals surface area contributed by atoms with E-state index in [9.17, 15) is 22.7 Å². The molecule has 0 heterocycles. The monoisotopic (exact) mass is 254 g/mol. The molecule has 1 N–H and O–H groups in total. The first-order valence-corrected chi connectivity index (χ1v) is 5.17. The minimum Gasteiger partial charge on any atom is -0.383 e. The highest BCUT2D eigenvalue weighted by molar-refractivity contribution is 5.78. The van der Waals surface area contributed by atoms with Gasteiger partial charge in [-0.2, -0.15) is 0 Å². The van der Waals surface area contributed by atoms with Gasteiger partial charge in [-0.15, -0.1) is 0 Å². The Balaban J connectivity index is 2.47. The van der Waals surface area contributed by atoms with Crippen LogP contribution in [0, 0.1) is 23.3 Å². The number of hydrogen-bond donors (Lipinski definition) is 1. The number of aliphatic hydroxyl groups excluding tert-OH is 1. The number of hydrogen-bond acceptors (Lipinski definition) is 1. The Morgan fingerprint density at radius 1 is 0.833 bits per heavy atom. The lowest BCUT2D eigenvalue weighted by molar-refractivity contribution is 0.217. The SMILES string of the molecule is O[C@@H]1c2ccccc2-c2c(F)c(F)c(F)c(F)c21. The van der Waals surface area contributed by atoms with Crippen LogP contribution >= 0.6 is 0 Å². The molecule has 1 nitrogen and oxygen atoms in total. The molecule has 1 aliphatic rings. The molecule has 0 aromatic heterocycles. The first-order chi connectivity index (χ1) is 8.54. The van der Waals surface area contributed by atoms with Gasteiger partial charge in [-0.1, -0.05) is 24.3 Å². The maximum Gasteiger partial charge on any atom is 0.198 e. The average Bonchev–Trinajstić information content (AvgIpc) is 2.68. The van der Waals surface area contributed by atoms with E-state index in [0.717, 1.165) is 0 Å². The number of aliphatic hydroxyl groups is 1. The maximum atomic E-state index is 13.7. The van der Waals surface area contributed by atoms with Gasteiger partial charge in [-0.3, -0.25) is 0 Å². The highest BCUT2D eigenvalue weighted by atomic mass is 19.2. The second kappa shape index (κ2) is 3.55. The van der Waals surface area contributed by atoms with Gasteiger partial charge in [0.1, 0.15) is 6.10 Å². The lowest BCUT2D eigenvalue weighted by atomic mass is 10.0. The summed E-state index contributed by atoms with van der Waals surface area (Å²) in [6.07, 6.45) is -1.49. The van der Waals surface area contributed by atoms with Crippen LogP contribution in [0.15, 0.2) is 24.3 Å². The summed E-state index contributed by atoms with van der Waals surface area (Å²) in [5, 5.41) is 9.86. The summed E-state index contributed by atoms with van der Waals surface area (Å²) in [5.41, 5.74) is -0.548. The first kappa shape index (κ1) is 11.2. The van der Waals surface area contributed by atoms with Crippen molar-refractivity contribution in [2.45, 2.75) is 6.10 Å². The maximum absolute atomic E-state index is 13.7. The molecule has 0 bridgehead atoms. The molecule has 0 unspecified atom stereocenters. The Labute approximate surface area is 99.3 Å². The smallest absolute Gasteiger partial charge is 0.198 e. The van der Waals surface area contributed by atoms with Crippen LogP contribution in [0.25, 0.3) is 11.1 Å². The molecule has 2 aromatic rings. The number of fused-ring (bicyclic) bond motifs is 3. The van der Waals surface area contributed by atoms with Gasteiger partial charge in [0.25, 0.3) is 0 Å². The van der Waals surface area contributed by atoms with Crippen LogP contribution in [0.1, 0.15) is 17.2 Å². The fraction of sp³-hybridized carbons (Fsp3) is 0.0769. The van der Waals surface area contributed by atoms with Gasteiger partial charge < -0.3 is 5.11 Å². The first-order valence-electron chi connectivity index (χ1n) is 5.17. The van der Waals surface area contributed by atoms with Crippen LogP contribution < -0.4 is 0 Å². The van der Waals surface area contributed by atoms with Crippen molar-refractivity contribution < 1.29 is 22.7 Å². The summed E-state index contributed by atoms with van der Waals surface area (Å²) in [7, 11) is 0. The van der Waals surface area contributed by atoms with E-state index in [1.807, 2.05) is 0 Å². The standard InChI is InChI=1S/C13H6F4O/c14-9-7-5-3-1-2-4-6(5)13(18)8(7)10(15)12(17)11(9)16/h1-4,13,18H/t13-/m1/s1. The van der Waals surface area contributed by atoms with Crippen molar-refractivity contribution in [3.63, 3.8) is 0 Å². The van der Waals surface area contributed by atoms with E-state index in [1.54, 1.807) is 12.1 Å². The number of benzene rings is 2. The van der Waals surface area contributed by atoms with E-state index >= 15 is 0 Å². The normalized spacial score (nSPS) is 16.6. The molecule has 0 amide bonds. The Morgan fingerprint density at radius 3 is 2.17 bits per heavy atom. The Morgan fingerprint density at radius 2 is 1.44 bits per heavy atom. The van der Waals surface area contributed by atoms with E-state index in [4.69, 9.17) is 0 Å². The Kier molecular flexibility index (Phi) is 2.22. The molecule has 1 aliphatic carbocycles. The summed E-state index contributed by atoms with van der Waals surface area (Å²) < 4.78 is 53.7. The van der Waals surface area contributed by atoms with Gasteiger partial charge in [0.15, 0.2) is 23.3 Å². The fourth-order valence-corrected chi connectivity index (χ4v) is 2.29. The second-order valence-corrected chi connectivity index (χ2v) is 4.03. The fourth-order valence-electron chi connectivity index (χ4n) is 2.29. The zero-order chi connectivity index (χ0) is 13.0. The average molecular weight is 254 g/mol. The van der Waals surface area contributed by atoms with Crippen molar-refractivity contribution in [1.29, 1.82) is 0 Å². The summed E-state index contributed by atoms with van der Waals surface area (Å²) in [5.74, 6) is -6.80. The summed E-state index contributed by atoms with van der Waals surface area (Å²) in [6.45, 7) is 0. The summed E-state index contributed by atoms with van der Waals surface area (Å²) in [4.78, 5) is 0. The van der Waals surface area contributed by atoms with Crippen molar-refractivity contribution >= 4 is 0 Å². The van der Waals surface area contributed by atoms with E-state index < -0.39 is 40.5 Å². The molecular formula is C13H6F4O. The van der Waals surface area contributed by atoms with Gasteiger partial charge in [0, 0.05) is 11.1 Å². The summed E-state index contributed by atoms with van der Waals surface area (Å²) >= 11 is 0. The molecule has 1 atom stereocenters. The molecular weight excluding hydrogens is 248 g/mol. The lowest BCUT2D eigenvalue weighted by Gasteiger charge is -2.08. The topological polar surface area (TPSA) is 20.2 Å². The third kappa shape index (κ3) is 1.19. The third-order valence-corrected chi connectivity index (χ3v) is 3.10. The zero-order valence-corrected chi connectivity index (χ0v) is 8.85. The molecule has 0 spiro atoms. The lowest BCUT2D eigenvalue weighted by Crippen LogP contribution is -2.05. The number of rotatable bonds is 0. The van der Waals surface area contributed by atoms with E-state index in [0.29, 0.717) is 0 Å². The Bertz CT molecular complexity index is 667. The van der Waals surface area contributed by atoms with Crippen LogP contribution in [0.2, 0.25) is 0 Å². The molecule has 0 saturated carbocycles. The van der Waals surface area contributed by atoms with Gasteiger partial charge >= 0.3 is 0 Å². The second-order valence-electron chi connectivity index (χ2n) is 4.03. The van der Waals surface area contributed by atoms with Gasteiger partial charge in [0.05, 0.1) is 0 Å². The van der Waals surface area contributed by atoms with Crippen molar-refractivity contribution in [3.05, 3.63) is 58.7 Å². The quantitative estimate of drug-likeness (QED) is 0.434. The molecule has 18 heavy (non-hydrogen) atoms. The van der Waals surface area contributed by atoms with Crippen LogP contribution in [0.4, 0.5) is 17.6 Å². The van der Waals surface area contributed by atoms with Crippen LogP contribution in [0.3, 0.4) is 0 Å². The highest BCUT2D eigenvalue weighted by Gasteiger charge is 2.36. The molecule has 3 rings (SSSR count). The number of halogens is 4. The van der Waals surface area contributed by atoms with Crippen LogP contribution in [-0.4, -0.2) is 5.11 Å². The van der Waals surface area contributed by atoms with Crippen molar-refractivity contribution in [2.24, 2.45) is 0 Å². The molecule has 0 fully saturated rings. The minimum atomic E-state index is -1.90. The third-order valence-electron chi connectivity index (χ3n) is 3.10. The zero-order valence-electron chi connectivity index (χ0n) is 8.85. The van der Waals surface area contributed by atoms with E-state index in [2.05, 4.69) is 0 Å². The van der Waals surface area contributed by atoms with Crippen molar-refractivity contribution in [3.8, 4) is 11.1 Å². The molecule has 5 heteroatoms. The van der Waals surface area contributed by atoms with Crippen LogP contribution in [0.5, 0.6) is 0 Å². The summed E-state index contributed by atoms with van der Waals surface area (Å²) in [6, 6.07) is 5.98. The van der Waals surface area contributed by atoms with Gasteiger partial charge in [0.2, 0.25) is 0 Å².